The van der Waals surface area contributed by atoms with Crippen LogP contribution in [0.15, 0.2) is 103 Å². The second-order valence-electron chi connectivity index (χ2n) is 8.93. The van der Waals surface area contributed by atoms with Gasteiger partial charge in [-0.15, -0.1) is 11.3 Å². The summed E-state index contributed by atoms with van der Waals surface area (Å²) in [6.07, 6.45) is 4.44. The third-order valence-electron chi connectivity index (χ3n) is 6.92. The van der Waals surface area contributed by atoms with E-state index in [1.165, 1.54) is 58.1 Å². The first-order valence-electron chi connectivity index (χ1n) is 11.8. The third kappa shape index (κ3) is 3.22. The topological polar surface area (TPSA) is 9.23 Å². The summed E-state index contributed by atoms with van der Waals surface area (Å²) in [5, 5.41) is 10.3. The summed E-state index contributed by atoms with van der Waals surface area (Å²) in [6, 6.07) is 37.0. The molecule has 166 valence electrons. The van der Waals surface area contributed by atoms with Crippen molar-refractivity contribution in [3.05, 3.63) is 114 Å². The van der Waals surface area contributed by atoms with Crippen LogP contribution in [-0.4, -0.2) is 7.11 Å². The molecule has 0 aliphatic heterocycles. The Hall–Kier alpha value is -4.14. The van der Waals surface area contributed by atoms with Crippen molar-refractivity contribution in [3.8, 4) is 5.75 Å². The summed E-state index contributed by atoms with van der Waals surface area (Å²) >= 11 is 1.88. The van der Waals surface area contributed by atoms with E-state index in [4.69, 9.17) is 4.74 Å². The summed E-state index contributed by atoms with van der Waals surface area (Å²) in [5.41, 5.74) is 2.32. The van der Waals surface area contributed by atoms with Gasteiger partial charge in [0.2, 0.25) is 0 Å². The van der Waals surface area contributed by atoms with Crippen LogP contribution in [0.3, 0.4) is 0 Å². The van der Waals surface area contributed by atoms with Gasteiger partial charge in [0.25, 0.3) is 0 Å². The molecule has 0 aliphatic carbocycles. The summed E-state index contributed by atoms with van der Waals surface area (Å²) in [4.78, 5) is 0. The van der Waals surface area contributed by atoms with Gasteiger partial charge in [0.05, 0.1) is 7.11 Å². The first-order chi connectivity index (χ1) is 17.3. The maximum Gasteiger partial charge on any atom is 0.126 e. The molecule has 0 aliphatic rings. The molecular formula is C33H22OS. The van der Waals surface area contributed by atoms with E-state index in [1.807, 2.05) is 11.3 Å². The van der Waals surface area contributed by atoms with Gasteiger partial charge in [-0.2, -0.15) is 0 Å². The summed E-state index contributed by atoms with van der Waals surface area (Å²) < 4.78 is 8.40. The molecule has 7 aromatic rings. The molecule has 0 saturated heterocycles. The predicted molar refractivity (Wildman–Crippen MR) is 154 cm³/mol. The van der Waals surface area contributed by atoms with E-state index in [9.17, 15) is 0 Å². The molecule has 0 spiro atoms. The molecule has 1 aromatic heterocycles. The van der Waals surface area contributed by atoms with Gasteiger partial charge in [-0.1, -0.05) is 91.0 Å². The van der Waals surface area contributed by atoms with Crippen LogP contribution in [0.4, 0.5) is 0 Å². The fourth-order valence-corrected chi connectivity index (χ4v) is 6.49. The molecule has 7 rings (SSSR count). The monoisotopic (exact) mass is 466 g/mol. The normalized spacial score (nSPS) is 12.0. The maximum absolute atomic E-state index is 5.75. The van der Waals surface area contributed by atoms with Gasteiger partial charge in [-0.05, 0) is 62.1 Å². The van der Waals surface area contributed by atoms with Crippen molar-refractivity contribution >= 4 is 76.0 Å². The molecule has 1 heterocycles. The average molecular weight is 467 g/mol. The molecule has 0 N–H and O–H groups in total. The SMILES string of the molecule is COc1cc2ccccc2cc1/C=C/c1cc2ccccc2c2c1sc1ccc3ccccc3c12. The number of fused-ring (bicyclic) bond motifs is 8. The van der Waals surface area contributed by atoms with Crippen molar-refractivity contribution in [1.82, 2.24) is 0 Å². The molecule has 6 aromatic carbocycles. The third-order valence-corrected chi connectivity index (χ3v) is 8.13. The van der Waals surface area contributed by atoms with Crippen LogP contribution in [0.25, 0.3) is 64.6 Å². The fraction of sp³-hybridized carbons (Fsp3) is 0.0303. The van der Waals surface area contributed by atoms with E-state index in [2.05, 4.69) is 115 Å². The predicted octanol–water partition coefficient (Wildman–Crippen LogP) is 9.69. The van der Waals surface area contributed by atoms with Crippen molar-refractivity contribution in [2.45, 2.75) is 0 Å². The molecule has 0 bridgehead atoms. The highest BCUT2D eigenvalue weighted by atomic mass is 32.1. The zero-order valence-corrected chi connectivity index (χ0v) is 20.1. The first kappa shape index (κ1) is 20.3. The maximum atomic E-state index is 5.75. The summed E-state index contributed by atoms with van der Waals surface area (Å²) in [6.45, 7) is 0. The van der Waals surface area contributed by atoms with Crippen LogP contribution in [0, 0.1) is 0 Å². The lowest BCUT2D eigenvalue weighted by molar-refractivity contribution is 0.414. The van der Waals surface area contributed by atoms with E-state index >= 15 is 0 Å². The van der Waals surface area contributed by atoms with Gasteiger partial charge < -0.3 is 4.74 Å². The Morgan fingerprint density at radius 2 is 1.17 bits per heavy atom. The lowest BCUT2D eigenvalue weighted by Gasteiger charge is -2.08. The number of ether oxygens (including phenoxy) is 1. The highest BCUT2D eigenvalue weighted by molar-refractivity contribution is 7.26. The molecular weight excluding hydrogens is 444 g/mol. The molecule has 35 heavy (non-hydrogen) atoms. The van der Waals surface area contributed by atoms with Crippen molar-refractivity contribution in [2.24, 2.45) is 0 Å². The minimum absolute atomic E-state index is 0.888. The average Bonchev–Trinajstić information content (AvgIpc) is 3.32. The largest absolute Gasteiger partial charge is 0.496 e. The van der Waals surface area contributed by atoms with Crippen LogP contribution in [0.2, 0.25) is 0 Å². The van der Waals surface area contributed by atoms with Crippen molar-refractivity contribution in [2.75, 3.05) is 7.11 Å². The molecule has 1 nitrogen and oxygen atoms in total. The van der Waals surface area contributed by atoms with Crippen LogP contribution < -0.4 is 4.74 Å². The quantitative estimate of drug-likeness (QED) is 0.236. The van der Waals surface area contributed by atoms with Crippen LogP contribution >= 0.6 is 11.3 Å². The second kappa shape index (κ2) is 7.97. The zero-order valence-electron chi connectivity index (χ0n) is 19.3. The number of methoxy groups -OCH3 is 1. The number of hydrogen-bond acceptors (Lipinski definition) is 2. The smallest absolute Gasteiger partial charge is 0.126 e. The fourth-order valence-electron chi connectivity index (χ4n) is 5.26. The zero-order chi connectivity index (χ0) is 23.4. The van der Waals surface area contributed by atoms with Gasteiger partial charge in [0, 0.05) is 25.7 Å². The Bertz CT molecular complexity index is 1940. The minimum Gasteiger partial charge on any atom is -0.496 e. The van der Waals surface area contributed by atoms with Gasteiger partial charge >= 0.3 is 0 Å². The van der Waals surface area contributed by atoms with E-state index in [0.717, 1.165) is 11.3 Å². The van der Waals surface area contributed by atoms with Crippen LogP contribution in [-0.2, 0) is 0 Å². The summed E-state index contributed by atoms with van der Waals surface area (Å²) in [5.74, 6) is 0.888. The Morgan fingerprint density at radius 3 is 1.94 bits per heavy atom. The summed E-state index contributed by atoms with van der Waals surface area (Å²) in [7, 11) is 1.74. The number of thiophene rings is 1. The van der Waals surface area contributed by atoms with Crippen molar-refractivity contribution in [3.63, 3.8) is 0 Å². The second-order valence-corrected chi connectivity index (χ2v) is 9.98. The van der Waals surface area contributed by atoms with Crippen LogP contribution in [0.1, 0.15) is 11.1 Å². The lowest BCUT2D eigenvalue weighted by atomic mass is 9.97. The lowest BCUT2D eigenvalue weighted by Crippen LogP contribution is -1.87. The van der Waals surface area contributed by atoms with E-state index in [1.54, 1.807) is 7.11 Å². The Labute approximate surface area is 207 Å². The van der Waals surface area contributed by atoms with E-state index in [0.29, 0.717) is 0 Å². The first-order valence-corrected chi connectivity index (χ1v) is 12.6. The van der Waals surface area contributed by atoms with Gasteiger partial charge in [0.1, 0.15) is 5.75 Å². The van der Waals surface area contributed by atoms with Crippen molar-refractivity contribution in [1.29, 1.82) is 0 Å². The standard InChI is InChI=1S/C33H22OS/c1-34-29-20-23-10-3-2-9-22(23)18-25(29)14-15-26-19-24-11-5-7-13-28(24)32-31-27-12-6-4-8-21(27)16-17-30(31)35-33(26)32/h2-20H,1H3/b15-14+. The molecule has 0 saturated carbocycles. The van der Waals surface area contributed by atoms with Crippen molar-refractivity contribution < 1.29 is 4.74 Å². The molecule has 2 heteroatoms. The minimum atomic E-state index is 0.888. The van der Waals surface area contributed by atoms with Gasteiger partial charge in [0.15, 0.2) is 0 Å². The molecule has 0 fully saturated rings. The van der Waals surface area contributed by atoms with Crippen LogP contribution in [0.5, 0.6) is 5.75 Å². The number of rotatable bonds is 3. The highest BCUT2D eigenvalue weighted by Crippen LogP contribution is 2.44. The van der Waals surface area contributed by atoms with E-state index in [-0.39, 0.29) is 0 Å². The number of hydrogen-bond donors (Lipinski definition) is 0. The molecule has 0 atom stereocenters. The molecule has 0 amide bonds. The highest BCUT2D eigenvalue weighted by Gasteiger charge is 2.14. The Morgan fingerprint density at radius 1 is 0.571 bits per heavy atom. The van der Waals surface area contributed by atoms with E-state index < -0.39 is 0 Å². The molecule has 0 unspecified atom stereocenters. The Balaban J connectivity index is 1.52. The Kier molecular flexibility index (Phi) is 4.61. The van der Waals surface area contributed by atoms with Gasteiger partial charge in [-0.25, -0.2) is 0 Å². The number of benzene rings is 6. The molecule has 0 radical (unpaired) electrons. The van der Waals surface area contributed by atoms with Gasteiger partial charge in [-0.3, -0.25) is 0 Å².